The molecule has 0 aliphatic heterocycles. The van der Waals surface area contributed by atoms with E-state index in [9.17, 15) is 9.18 Å². The minimum Gasteiger partial charge on any atom is -0.350 e. The van der Waals surface area contributed by atoms with E-state index in [1.165, 1.54) is 12.1 Å². The van der Waals surface area contributed by atoms with E-state index in [4.69, 9.17) is 23.2 Å². The number of benzene rings is 1. The molecule has 0 saturated heterocycles. The number of hydrogen-bond donors (Lipinski definition) is 1. The number of alkyl halides is 1. The van der Waals surface area contributed by atoms with Crippen LogP contribution in [0.3, 0.4) is 0 Å². The van der Waals surface area contributed by atoms with Crippen LogP contribution in [-0.4, -0.2) is 17.3 Å². The average molecular weight is 278 g/mol. The molecule has 0 atom stereocenters. The maximum absolute atomic E-state index is 13.4. The summed E-state index contributed by atoms with van der Waals surface area (Å²) in [6.45, 7) is 3.59. The van der Waals surface area contributed by atoms with Crippen molar-refractivity contribution in [3.8, 4) is 0 Å². The molecule has 0 bridgehead atoms. The summed E-state index contributed by atoms with van der Waals surface area (Å²) in [5.74, 6) is -0.497. The number of hydrogen-bond acceptors (Lipinski definition) is 1. The topological polar surface area (TPSA) is 29.1 Å². The first kappa shape index (κ1) is 14.3. The zero-order valence-corrected chi connectivity index (χ0v) is 11.2. The third kappa shape index (κ3) is 4.17. The van der Waals surface area contributed by atoms with Crippen LogP contribution < -0.4 is 5.32 Å². The minimum atomic E-state index is -0.517. The number of rotatable bonds is 4. The van der Waals surface area contributed by atoms with Gasteiger partial charge in [-0.1, -0.05) is 17.7 Å². The van der Waals surface area contributed by atoms with Gasteiger partial charge in [0.2, 0.25) is 5.91 Å². The van der Waals surface area contributed by atoms with Crippen molar-refractivity contribution >= 4 is 29.1 Å². The van der Waals surface area contributed by atoms with Gasteiger partial charge in [-0.25, -0.2) is 4.39 Å². The normalized spacial score (nSPS) is 11.4. The molecule has 94 valence electrons. The second-order valence-electron chi connectivity index (χ2n) is 4.44. The highest BCUT2D eigenvalue weighted by Gasteiger charge is 2.20. The van der Waals surface area contributed by atoms with Crippen LogP contribution in [0.25, 0.3) is 0 Å². The van der Waals surface area contributed by atoms with Gasteiger partial charge in [0, 0.05) is 22.0 Å². The maximum Gasteiger partial charge on any atom is 0.225 e. The lowest BCUT2D eigenvalue weighted by Gasteiger charge is -2.23. The summed E-state index contributed by atoms with van der Waals surface area (Å²) in [7, 11) is 0. The monoisotopic (exact) mass is 277 g/mol. The molecule has 0 aliphatic carbocycles. The van der Waals surface area contributed by atoms with Gasteiger partial charge < -0.3 is 5.32 Å². The van der Waals surface area contributed by atoms with Crippen LogP contribution in [0.2, 0.25) is 5.02 Å². The summed E-state index contributed by atoms with van der Waals surface area (Å²) in [5, 5.41) is 2.97. The van der Waals surface area contributed by atoms with Crippen LogP contribution in [-0.2, 0) is 11.2 Å². The molecular weight excluding hydrogens is 264 g/mol. The lowest BCUT2D eigenvalue weighted by atomic mass is 10.1. The fraction of sp³-hybridized carbons (Fsp3) is 0.417. The molecule has 0 radical (unpaired) electrons. The molecule has 0 fully saturated rings. The predicted octanol–water partition coefficient (Wildman–Crippen LogP) is 3.16. The number of carbonyl (C=O) groups is 1. The Kier molecular flexibility index (Phi) is 4.78. The highest BCUT2D eigenvalue weighted by Crippen LogP contribution is 2.19. The molecular formula is C12H14Cl2FNO. The molecule has 0 aliphatic rings. The Morgan fingerprint density at radius 3 is 2.65 bits per heavy atom. The minimum absolute atomic E-state index is 0.0914. The van der Waals surface area contributed by atoms with E-state index >= 15 is 0 Å². The predicted molar refractivity (Wildman–Crippen MR) is 68.1 cm³/mol. The Morgan fingerprint density at radius 2 is 2.12 bits per heavy atom. The van der Waals surface area contributed by atoms with E-state index in [1.807, 2.05) is 0 Å². The number of halogens is 3. The first-order valence-corrected chi connectivity index (χ1v) is 6.07. The van der Waals surface area contributed by atoms with Gasteiger partial charge in [-0.2, -0.15) is 0 Å². The molecule has 0 spiro atoms. The van der Waals surface area contributed by atoms with Crippen molar-refractivity contribution in [3.05, 3.63) is 34.6 Å². The fourth-order valence-electron chi connectivity index (χ4n) is 1.32. The van der Waals surface area contributed by atoms with Gasteiger partial charge in [0.05, 0.1) is 6.42 Å². The van der Waals surface area contributed by atoms with Gasteiger partial charge in [0.1, 0.15) is 5.82 Å². The molecule has 0 saturated carbocycles. The zero-order chi connectivity index (χ0) is 13.1. The van der Waals surface area contributed by atoms with Gasteiger partial charge in [-0.15, -0.1) is 11.6 Å². The summed E-state index contributed by atoms with van der Waals surface area (Å²) >= 11 is 11.5. The fourth-order valence-corrected chi connectivity index (χ4v) is 1.61. The number of nitrogens with one attached hydrogen (secondary N) is 1. The van der Waals surface area contributed by atoms with Crippen molar-refractivity contribution in [2.45, 2.75) is 25.8 Å². The molecule has 2 nitrogen and oxygen atoms in total. The summed E-state index contributed by atoms with van der Waals surface area (Å²) in [6.07, 6.45) is -0.0914. The van der Waals surface area contributed by atoms with Crippen molar-refractivity contribution in [3.63, 3.8) is 0 Å². The van der Waals surface area contributed by atoms with Gasteiger partial charge >= 0.3 is 0 Å². The third-order valence-corrected chi connectivity index (χ3v) is 3.23. The standard InChI is InChI=1S/C12H14Cl2FNO/c1-12(2,7-13)16-11(17)6-8-9(14)4-3-5-10(8)15/h3-5H,6-7H2,1-2H3,(H,16,17). The van der Waals surface area contributed by atoms with E-state index in [0.717, 1.165) is 0 Å². The number of carbonyl (C=O) groups excluding carboxylic acids is 1. The Hall–Kier alpha value is -0.800. The van der Waals surface area contributed by atoms with Crippen LogP contribution in [0, 0.1) is 5.82 Å². The molecule has 1 aromatic carbocycles. The van der Waals surface area contributed by atoms with Crippen molar-refractivity contribution in [2.24, 2.45) is 0 Å². The van der Waals surface area contributed by atoms with Crippen LogP contribution in [0.4, 0.5) is 4.39 Å². The second-order valence-corrected chi connectivity index (χ2v) is 5.12. The SMILES string of the molecule is CC(C)(CCl)NC(=O)Cc1c(F)cccc1Cl. The van der Waals surface area contributed by atoms with Crippen molar-refractivity contribution in [2.75, 3.05) is 5.88 Å². The first-order valence-electron chi connectivity index (χ1n) is 5.15. The van der Waals surface area contributed by atoms with E-state index in [1.54, 1.807) is 19.9 Å². The summed E-state index contributed by atoms with van der Waals surface area (Å²) in [6, 6.07) is 4.34. The Bertz CT molecular complexity index is 401. The second kappa shape index (κ2) is 5.69. The van der Waals surface area contributed by atoms with Crippen molar-refractivity contribution in [1.82, 2.24) is 5.32 Å². The Morgan fingerprint density at radius 1 is 1.47 bits per heavy atom. The van der Waals surface area contributed by atoms with Crippen LogP contribution in [0.5, 0.6) is 0 Å². The number of amides is 1. The van der Waals surface area contributed by atoms with Gasteiger partial charge in [0.15, 0.2) is 0 Å². The molecule has 17 heavy (non-hydrogen) atoms. The van der Waals surface area contributed by atoms with Gasteiger partial charge in [-0.3, -0.25) is 4.79 Å². The molecule has 0 aromatic heterocycles. The van der Waals surface area contributed by atoms with Crippen LogP contribution in [0.1, 0.15) is 19.4 Å². The quantitative estimate of drug-likeness (QED) is 0.842. The highest BCUT2D eigenvalue weighted by molar-refractivity contribution is 6.31. The molecule has 1 rings (SSSR count). The van der Waals surface area contributed by atoms with Gasteiger partial charge in [0.25, 0.3) is 0 Å². The lowest BCUT2D eigenvalue weighted by molar-refractivity contribution is -0.121. The Labute approximate surface area is 110 Å². The summed E-state index contributed by atoms with van der Waals surface area (Å²) in [5.41, 5.74) is -0.312. The molecule has 5 heteroatoms. The molecule has 1 N–H and O–H groups in total. The maximum atomic E-state index is 13.4. The zero-order valence-electron chi connectivity index (χ0n) is 9.69. The summed E-state index contributed by atoms with van der Waals surface area (Å²) in [4.78, 5) is 11.7. The van der Waals surface area contributed by atoms with Crippen LogP contribution >= 0.6 is 23.2 Å². The molecule has 0 heterocycles. The van der Waals surface area contributed by atoms with Crippen molar-refractivity contribution in [1.29, 1.82) is 0 Å². The van der Waals surface area contributed by atoms with E-state index in [-0.39, 0.29) is 28.8 Å². The Balaban J connectivity index is 2.75. The summed E-state index contributed by atoms with van der Waals surface area (Å²) < 4.78 is 13.4. The van der Waals surface area contributed by atoms with Crippen molar-refractivity contribution < 1.29 is 9.18 Å². The van der Waals surface area contributed by atoms with E-state index in [0.29, 0.717) is 0 Å². The first-order chi connectivity index (χ1) is 7.85. The molecule has 1 amide bonds. The highest BCUT2D eigenvalue weighted by atomic mass is 35.5. The molecule has 0 unspecified atom stereocenters. The average Bonchev–Trinajstić information content (AvgIpc) is 2.23. The van der Waals surface area contributed by atoms with Crippen LogP contribution in [0.15, 0.2) is 18.2 Å². The van der Waals surface area contributed by atoms with Gasteiger partial charge in [-0.05, 0) is 26.0 Å². The lowest BCUT2D eigenvalue weighted by Crippen LogP contribution is -2.45. The largest absolute Gasteiger partial charge is 0.350 e. The van der Waals surface area contributed by atoms with E-state index < -0.39 is 11.4 Å². The molecule has 1 aromatic rings. The smallest absolute Gasteiger partial charge is 0.225 e. The van der Waals surface area contributed by atoms with E-state index in [2.05, 4.69) is 5.32 Å². The third-order valence-electron chi connectivity index (χ3n) is 2.21.